The first-order valence-corrected chi connectivity index (χ1v) is 7.21. The molecule has 0 nitrogen and oxygen atoms in total. The molecule has 2 aliphatic carbocycles. The fraction of sp³-hybridized carbons (Fsp3) is 0.263. The van der Waals surface area contributed by atoms with Crippen molar-refractivity contribution in [3.8, 4) is 0 Å². The predicted molar refractivity (Wildman–Crippen MR) is 82.1 cm³/mol. The Kier molecular flexibility index (Phi) is 3.50. The van der Waals surface area contributed by atoms with E-state index >= 15 is 0 Å². The molecule has 0 fully saturated rings. The summed E-state index contributed by atoms with van der Waals surface area (Å²) in [7, 11) is 0. The van der Waals surface area contributed by atoms with Crippen LogP contribution in [0.5, 0.6) is 0 Å². The van der Waals surface area contributed by atoms with Gasteiger partial charge in [0.25, 0.3) is 0 Å². The minimum Gasteiger partial charge on any atom is -0.0726 e. The highest BCUT2D eigenvalue weighted by Gasteiger charge is 2.21. The summed E-state index contributed by atoms with van der Waals surface area (Å²) >= 11 is 0. The molecule has 0 aliphatic heterocycles. The molecule has 0 amide bonds. The third-order valence-corrected chi connectivity index (χ3v) is 3.92. The summed E-state index contributed by atoms with van der Waals surface area (Å²) in [5.41, 5.74) is 5.99. The fourth-order valence-electron chi connectivity index (χ4n) is 3.04. The third-order valence-electron chi connectivity index (χ3n) is 3.92. The molecule has 2 aliphatic rings. The van der Waals surface area contributed by atoms with E-state index in [1.54, 1.807) is 5.57 Å². The molecule has 1 aromatic rings. The highest BCUT2D eigenvalue weighted by atomic mass is 14.3. The van der Waals surface area contributed by atoms with Gasteiger partial charge in [-0.15, -0.1) is 0 Å². The maximum absolute atomic E-state index is 2.44. The second-order valence-electron chi connectivity index (χ2n) is 5.34. The summed E-state index contributed by atoms with van der Waals surface area (Å²) < 4.78 is 0. The van der Waals surface area contributed by atoms with Crippen LogP contribution < -0.4 is 0 Å². The number of benzene rings is 1. The molecule has 19 heavy (non-hydrogen) atoms. The lowest BCUT2D eigenvalue weighted by Gasteiger charge is -2.14. The lowest BCUT2D eigenvalue weighted by atomic mass is 9.90. The normalized spacial score (nSPS) is 21.3. The fourth-order valence-corrected chi connectivity index (χ4v) is 3.04. The maximum atomic E-state index is 2.44. The molecule has 1 unspecified atom stereocenters. The van der Waals surface area contributed by atoms with Gasteiger partial charge < -0.3 is 0 Å². The number of allylic oxidation sites excluding steroid dienone is 8. The van der Waals surface area contributed by atoms with Gasteiger partial charge >= 0.3 is 0 Å². The second-order valence-corrected chi connectivity index (χ2v) is 5.34. The van der Waals surface area contributed by atoms with E-state index in [4.69, 9.17) is 0 Å². The standard InChI is InChI=1S/C19H20/c1-2-8-15-13-17-11-6-7-12-18(19(17)14-15)16-9-4-3-5-10-16/h3-7,9-12,14,18H,2,8,13H2,1H3. The van der Waals surface area contributed by atoms with Crippen molar-refractivity contribution < 1.29 is 0 Å². The van der Waals surface area contributed by atoms with E-state index in [1.807, 2.05) is 0 Å². The Morgan fingerprint density at radius 2 is 1.95 bits per heavy atom. The van der Waals surface area contributed by atoms with Crippen molar-refractivity contribution in [3.63, 3.8) is 0 Å². The van der Waals surface area contributed by atoms with Gasteiger partial charge in [-0.2, -0.15) is 0 Å². The van der Waals surface area contributed by atoms with Crippen LogP contribution in [0, 0.1) is 0 Å². The minimum absolute atomic E-state index is 0.417. The van der Waals surface area contributed by atoms with E-state index in [9.17, 15) is 0 Å². The van der Waals surface area contributed by atoms with Gasteiger partial charge in [0.1, 0.15) is 0 Å². The molecule has 0 spiro atoms. The van der Waals surface area contributed by atoms with E-state index in [0.29, 0.717) is 5.92 Å². The molecule has 1 aromatic carbocycles. The number of rotatable bonds is 3. The first-order valence-electron chi connectivity index (χ1n) is 7.21. The molecule has 0 aromatic heterocycles. The van der Waals surface area contributed by atoms with Gasteiger partial charge in [-0.25, -0.2) is 0 Å². The van der Waals surface area contributed by atoms with Gasteiger partial charge in [-0.05, 0) is 29.6 Å². The summed E-state index contributed by atoms with van der Waals surface area (Å²) in [5, 5.41) is 0. The summed E-state index contributed by atoms with van der Waals surface area (Å²) in [4.78, 5) is 0. The van der Waals surface area contributed by atoms with Gasteiger partial charge in [0.05, 0.1) is 0 Å². The predicted octanol–water partition coefficient (Wildman–Crippen LogP) is 5.32. The van der Waals surface area contributed by atoms with Gasteiger partial charge in [-0.3, -0.25) is 0 Å². The molecular weight excluding hydrogens is 228 g/mol. The van der Waals surface area contributed by atoms with Crippen LogP contribution in [0.2, 0.25) is 0 Å². The Hall–Kier alpha value is -1.82. The van der Waals surface area contributed by atoms with Crippen molar-refractivity contribution in [2.45, 2.75) is 32.1 Å². The SMILES string of the molecule is CCCC1=CC2=C(C=CC=CC2c2ccccc2)C1. The van der Waals surface area contributed by atoms with Crippen molar-refractivity contribution in [3.05, 3.63) is 83.0 Å². The Morgan fingerprint density at radius 3 is 2.74 bits per heavy atom. The Bertz CT molecular complexity index is 567. The Labute approximate surface area is 115 Å². The van der Waals surface area contributed by atoms with Crippen LogP contribution in [0.4, 0.5) is 0 Å². The van der Waals surface area contributed by atoms with Gasteiger partial charge in [0.15, 0.2) is 0 Å². The summed E-state index contributed by atoms with van der Waals surface area (Å²) in [6.45, 7) is 2.26. The molecule has 1 atom stereocenters. The maximum Gasteiger partial charge on any atom is 0.0275 e. The van der Waals surface area contributed by atoms with Crippen molar-refractivity contribution >= 4 is 0 Å². The van der Waals surface area contributed by atoms with Crippen molar-refractivity contribution in [1.82, 2.24) is 0 Å². The topological polar surface area (TPSA) is 0 Å². The minimum atomic E-state index is 0.417. The van der Waals surface area contributed by atoms with Gasteiger partial charge in [0, 0.05) is 5.92 Å². The van der Waals surface area contributed by atoms with Crippen LogP contribution in [0.15, 0.2) is 77.4 Å². The monoisotopic (exact) mass is 248 g/mol. The molecule has 0 N–H and O–H groups in total. The van der Waals surface area contributed by atoms with Gasteiger partial charge in [0.2, 0.25) is 0 Å². The Balaban J connectivity index is 1.97. The molecule has 0 bridgehead atoms. The van der Waals surface area contributed by atoms with E-state index in [-0.39, 0.29) is 0 Å². The summed E-state index contributed by atoms with van der Waals surface area (Å²) in [6.07, 6.45) is 15.0. The molecule has 96 valence electrons. The van der Waals surface area contributed by atoms with Crippen molar-refractivity contribution in [1.29, 1.82) is 0 Å². The van der Waals surface area contributed by atoms with Crippen LogP contribution in [-0.4, -0.2) is 0 Å². The van der Waals surface area contributed by atoms with E-state index < -0.39 is 0 Å². The lowest BCUT2D eigenvalue weighted by molar-refractivity contribution is 0.881. The lowest BCUT2D eigenvalue weighted by Crippen LogP contribution is -1.97. The van der Waals surface area contributed by atoms with E-state index in [1.165, 1.54) is 29.6 Å². The average Bonchev–Trinajstić information content (AvgIpc) is 2.73. The van der Waals surface area contributed by atoms with Crippen LogP contribution >= 0.6 is 0 Å². The average molecular weight is 248 g/mol. The molecule has 3 rings (SSSR count). The second kappa shape index (κ2) is 5.44. The zero-order valence-electron chi connectivity index (χ0n) is 11.5. The first kappa shape index (κ1) is 12.2. The molecule has 0 saturated carbocycles. The first-order chi connectivity index (χ1) is 9.38. The highest BCUT2D eigenvalue weighted by Crippen LogP contribution is 2.39. The highest BCUT2D eigenvalue weighted by molar-refractivity contribution is 5.53. The Morgan fingerprint density at radius 1 is 1.11 bits per heavy atom. The number of hydrogen-bond donors (Lipinski definition) is 0. The van der Waals surface area contributed by atoms with Gasteiger partial charge in [-0.1, -0.05) is 79.6 Å². The van der Waals surface area contributed by atoms with Crippen LogP contribution in [0.3, 0.4) is 0 Å². The summed E-state index contributed by atoms with van der Waals surface area (Å²) in [5.74, 6) is 0.417. The molecular formula is C19H20. The molecule has 0 radical (unpaired) electrons. The molecule has 0 heterocycles. The zero-order valence-corrected chi connectivity index (χ0v) is 11.5. The zero-order chi connectivity index (χ0) is 13.1. The van der Waals surface area contributed by atoms with E-state index in [0.717, 1.165) is 6.42 Å². The van der Waals surface area contributed by atoms with Crippen molar-refractivity contribution in [2.24, 2.45) is 0 Å². The van der Waals surface area contributed by atoms with Crippen LogP contribution in [-0.2, 0) is 0 Å². The molecule has 0 saturated heterocycles. The van der Waals surface area contributed by atoms with Crippen LogP contribution in [0.25, 0.3) is 0 Å². The molecule has 0 heteroatoms. The van der Waals surface area contributed by atoms with Crippen molar-refractivity contribution in [2.75, 3.05) is 0 Å². The van der Waals surface area contributed by atoms with Crippen LogP contribution in [0.1, 0.15) is 37.7 Å². The summed E-state index contributed by atoms with van der Waals surface area (Å²) in [6, 6.07) is 10.8. The number of hydrogen-bond acceptors (Lipinski definition) is 0. The largest absolute Gasteiger partial charge is 0.0726 e. The third kappa shape index (κ3) is 2.49. The quantitative estimate of drug-likeness (QED) is 0.679. The smallest absolute Gasteiger partial charge is 0.0275 e. The van der Waals surface area contributed by atoms with E-state index in [2.05, 4.69) is 67.6 Å².